The molecule has 1 saturated carbocycles. The molecule has 3 nitrogen and oxygen atoms in total. The van der Waals surface area contributed by atoms with Gasteiger partial charge >= 0.3 is 6.03 Å². The second kappa shape index (κ2) is 3.62. The van der Waals surface area contributed by atoms with Gasteiger partial charge in [0.25, 0.3) is 0 Å². The van der Waals surface area contributed by atoms with Crippen LogP contribution in [0.4, 0.5) is 4.79 Å². The first-order valence-corrected chi connectivity index (χ1v) is 3.94. The van der Waals surface area contributed by atoms with E-state index in [0.717, 1.165) is 12.8 Å². The molecule has 2 N–H and O–H groups in total. The smallest absolute Gasteiger partial charge is 0.315 e. The molecule has 0 radical (unpaired) electrons. The molecule has 4 heteroatoms. The van der Waals surface area contributed by atoms with Crippen LogP contribution >= 0.6 is 11.6 Å². The van der Waals surface area contributed by atoms with Gasteiger partial charge in [0.1, 0.15) is 0 Å². The number of amides is 2. The van der Waals surface area contributed by atoms with Crippen LogP contribution in [-0.2, 0) is 0 Å². The molecule has 0 atom stereocenters. The first-order valence-electron chi connectivity index (χ1n) is 3.56. The summed E-state index contributed by atoms with van der Waals surface area (Å²) in [4.78, 5) is 10.9. The van der Waals surface area contributed by atoms with Gasteiger partial charge in [-0.2, -0.15) is 0 Å². The van der Waals surface area contributed by atoms with Crippen LogP contribution in [0.3, 0.4) is 0 Å². The third-order valence-corrected chi connectivity index (χ3v) is 1.49. The second-order valence-electron chi connectivity index (χ2n) is 2.62. The highest BCUT2D eigenvalue weighted by molar-refractivity contribution is 6.29. The maximum Gasteiger partial charge on any atom is 0.315 e. The molecule has 0 heterocycles. The monoisotopic (exact) mass is 174 g/mol. The number of nitrogens with one attached hydrogen (secondary N) is 2. The fourth-order valence-electron chi connectivity index (χ4n) is 0.640. The molecule has 1 aliphatic rings. The number of halogens is 1. The summed E-state index contributed by atoms with van der Waals surface area (Å²) in [5.74, 6) is 0. The lowest BCUT2D eigenvalue weighted by Gasteiger charge is -2.04. The summed E-state index contributed by atoms with van der Waals surface area (Å²) in [6, 6.07) is 0.230. The van der Waals surface area contributed by atoms with Gasteiger partial charge in [0.2, 0.25) is 0 Å². The van der Waals surface area contributed by atoms with Gasteiger partial charge in [-0.25, -0.2) is 4.79 Å². The van der Waals surface area contributed by atoms with Crippen molar-refractivity contribution in [3.8, 4) is 0 Å². The molecule has 0 aromatic heterocycles. The van der Waals surface area contributed by atoms with Crippen molar-refractivity contribution >= 4 is 17.6 Å². The fraction of sp³-hybridized carbons (Fsp3) is 0.571. The van der Waals surface area contributed by atoms with E-state index in [4.69, 9.17) is 11.6 Å². The molecule has 0 aliphatic heterocycles. The van der Waals surface area contributed by atoms with Gasteiger partial charge in [-0.15, -0.1) is 0 Å². The number of rotatable bonds is 3. The maximum absolute atomic E-state index is 10.9. The Balaban J connectivity index is 2.04. The van der Waals surface area contributed by atoms with Crippen molar-refractivity contribution in [2.24, 2.45) is 0 Å². The molecule has 2 amide bonds. The molecule has 1 rings (SSSR count). The SMILES string of the molecule is C=C(Cl)CNC(=O)NC1CC1. The van der Waals surface area contributed by atoms with Crippen LogP contribution in [0, 0.1) is 0 Å². The lowest BCUT2D eigenvalue weighted by Crippen LogP contribution is -2.37. The van der Waals surface area contributed by atoms with E-state index in [1.807, 2.05) is 0 Å². The molecule has 0 spiro atoms. The summed E-state index contributed by atoms with van der Waals surface area (Å²) in [5.41, 5.74) is 0. The highest BCUT2D eigenvalue weighted by Crippen LogP contribution is 2.18. The molecular weight excluding hydrogens is 164 g/mol. The van der Waals surface area contributed by atoms with Crippen molar-refractivity contribution in [3.05, 3.63) is 11.6 Å². The van der Waals surface area contributed by atoms with Crippen LogP contribution in [0.15, 0.2) is 11.6 Å². The van der Waals surface area contributed by atoms with Crippen LogP contribution in [0.2, 0.25) is 0 Å². The summed E-state index contributed by atoms with van der Waals surface area (Å²) in [6.07, 6.45) is 2.19. The zero-order valence-corrected chi connectivity index (χ0v) is 6.95. The Morgan fingerprint density at radius 3 is 2.73 bits per heavy atom. The van der Waals surface area contributed by atoms with Crippen LogP contribution in [0.5, 0.6) is 0 Å². The maximum atomic E-state index is 10.9. The van der Waals surface area contributed by atoms with Crippen molar-refractivity contribution in [1.82, 2.24) is 10.6 Å². The summed E-state index contributed by atoms with van der Waals surface area (Å²) in [5, 5.41) is 5.77. The minimum absolute atomic E-state index is 0.158. The Kier molecular flexibility index (Phi) is 2.76. The molecule has 0 unspecified atom stereocenters. The zero-order valence-electron chi connectivity index (χ0n) is 6.19. The number of urea groups is 1. The molecule has 62 valence electrons. The quantitative estimate of drug-likeness (QED) is 0.664. The summed E-state index contributed by atoms with van der Waals surface area (Å²) in [6.45, 7) is 3.78. The standard InChI is InChI=1S/C7H11ClN2O/c1-5(8)4-9-7(11)10-6-2-3-6/h6H,1-4H2,(H2,9,10,11). The molecule has 0 saturated heterocycles. The van der Waals surface area contributed by atoms with Crippen molar-refractivity contribution < 1.29 is 4.79 Å². The predicted molar refractivity (Wildman–Crippen MR) is 44.5 cm³/mol. The van der Waals surface area contributed by atoms with Crippen LogP contribution in [0.25, 0.3) is 0 Å². The topological polar surface area (TPSA) is 41.1 Å². The lowest BCUT2D eigenvalue weighted by molar-refractivity contribution is 0.241. The van der Waals surface area contributed by atoms with Gasteiger partial charge in [-0.1, -0.05) is 18.2 Å². The van der Waals surface area contributed by atoms with Crippen molar-refractivity contribution in [1.29, 1.82) is 0 Å². The molecule has 0 bridgehead atoms. The largest absolute Gasteiger partial charge is 0.335 e. The molecule has 1 aliphatic carbocycles. The van der Waals surface area contributed by atoms with E-state index in [1.165, 1.54) is 0 Å². The number of hydrogen-bond acceptors (Lipinski definition) is 1. The summed E-state index contributed by atoms with van der Waals surface area (Å²) >= 11 is 5.44. The van der Waals surface area contributed by atoms with Gasteiger partial charge in [-0.05, 0) is 12.8 Å². The molecular formula is C7H11ClN2O. The number of hydrogen-bond donors (Lipinski definition) is 2. The van der Waals surface area contributed by atoms with Crippen LogP contribution in [0.1, 0.15) is 12.8 Å². The average molecular weight is 175 g/mol. The summed E-state index contributed by atoms with van der Waals surface area (Å²) in [7, 11) is 0. The van der Waals surface area contributed by atoms with Crippen molar-refractivity contribution in [2.45, 2.75) is 18.9 Å². The van der Waals surface area contributed by atoms with E-state index in [0.29, 0.717) is 17.6 Å². The Labute approximate surface area is 70.8 Å². The molecule has 1 fully saturated rings. The number of carbonyl (C=O) groups is 1. The highest BCUT2D eigenvalue weighted by Gasteiger charge is 2.22. The second-order valence-corrected chi connectivity index (χ2v) is 3.15. The van der Waals surface area contributed by atoms with Crippen molar-refractivity contribution in [3.63, 3.8) is 0 Å². The van der Waals surface area contributed by atoms with E-state index in [2.05, 4.69) is 17.2 Å². The Bertz CT molecular complexity index is 177. The Morgan fingerprint density at radius 2 is 2.27 bits per heavy atom. The van der Waals surface area contributed by atoms with Gasteiger partial charge in [0.15, 0.2) is 0 Å². The first kappa shape index (κ1) is 8.40. The van der Waals surface area contributed by atoms with Gasteiger partial charge in [0, 0.05) is 11.1 Å². The van der Waals surface area contributed by atoms with E-state index in [-0.39, 0.29) is 6.03 Å². The van der Waals surface area contributed by atoms with Crippen molar-refractivity contribution in [2.75, 3.05) is 6.54 Å². The average Bonchev–Trinajstić information content (AvgIpc) is 2.67. The van der Waals surface area contributed by atoms with Gasteiger partial charge in [-0.3, -0.25) is 0 Å². The minimum atomic E-state index is -0.158. The Hall–Kier alpha value is -0.700. The molecule has 0 aromatic rings. The predicted octanol–water partition coefficient (Wildman–Crippen LogP) is 1.20. The van der Waals surface area contributed by atoms with Crippen LogP contribution < -0.4 is 10.6 Å². The van der Waals surface area contributed by atoms with Gasteiger partial charge in [0.05, 0.1) is 6.54 Å². The molecule has 0 aromatic carbocycles. The highest BCUT2D eigenvalue weighted by atomic mass is 35.5. The lowest BCUT2D eigenvalue weighted by atomic mass is 10.6. The summed E-state index contributed by atoms with van der Waals surface area (Å²) < 4.78 is 0. The van der Waals surface area contributed by atoms with E-state index in [9.17, 15) is 4.79 Å². The van der Waals surface area contributed by atoms with E-state index in [1.54, 1.807) is 0 Å². The fourth-order valence-corrected chi connectivity index (χ4v) is 0.707. The number of carbonyl (C=O) groups excluding carboxylic acids is 1. The van der Waals surface area contributed by atoms with E-state index < -0.39 is 0 Å². The Morgan fingerprint density at radius 1 is 1.64 bits per heavy atom. The minimum Gasteiger partial charge on any atom is -0.335 e. The normalized spacial score (nSPS) is 15.7. The van der Waals surface area contributed by atoms with Gasteiger partial charge < -0.3 is 10.6 Å². The zero-order chi connectivity index (χ0) is 8.27. The third-order valence-electron chi connectivity index (χ3n) is 1.35. The van der Waals surface area contributed by atoms with E-state index >= 15 is 0 Å². The van der Waals surface area contributed by atoms with Crippen LogP contribution in [-0.4, -0.2) is 18.6 Å². The third kappa shape index (κ3) is 3.88. The molecule has 11 heavy (non-hydrogen) atoms. The first-order chi connectivity index (χ1) is 5.18.